The highest BCUT2D eigenvalue weighted by Gasteiger charge is 2.39. The molecule has 0 radical (unpaired) electrons. The molecule has 182 valence electrons. The fraction of sp³-hybridized carbons (Fsp3) is 0.214. The van der Waals surface area contributed by atoms with Crippen LogP contribution >= 0.6 is 11.8 Å². The molecule has 2 unspecified atom stereocenters. The molecule has 0 fully saturated rings. The van der Waals surface area contributed by atoms with Crippen LogP contribution in [0.1, 0.15) is 41.1 Å². The molecule has 0 bridgehead atoms. The molecule has 2 atom stereocenters. The van der Waals surface area contributed by atoms with Crippen molar-refractivity contribution >= 4 is 40.1 Å². The lowest BCUT2D eigenvalue weighted by atomic mass is 9.98. The molecule has 3 aromatic carbocycles. The number of nitrogens with one attached hydrogen (secondary N) is 1. The Hall–Kier alpha value is -3.78. The molecular formula is C28H25FN4O2S. The first kappa shape index (κ1) is 23.9. The molecular weight excluding hydrogens is 475 g/mol. The normalized spacial score (nSPS) is 19.3. The van der Waals surface area contributed by atoms with Crippen LogP contribution in [0.3, 0.4) is 0 Å². The van der Waals surface area contributed by atoms with Gasteiger partial charge in [0.2, 0.25) is 5.91 Å². The maximum atomic E-state index is 13.8. The molecule has 0 saturated carbocycles. The summed E-state index contributed by atoms with van der Waals surface area (Å²) in [6.07, 6.45) is 0.606. The standard InChI is InChI=1S/C28H25FN4O2S/c1-17-8-11-20(12-9-17)24-15-23(19-6-4-3-5-7-19)32-33(24)28-31-27(35)25(36-28)16-26(34)30-21-13-10-18(2)22(29)14-21/h3-14,24-25H,15-16H2,1-2H3,(H,30,34). The van der Waals surface area contributed by atoms with Gasteiger partial charge in [0, 0.05) is 18.5 Å². The second kappa shape index (κ2) is 10.1. The number of benzene rings is 3. The molecule has 2 heterocycles. The third-order valence-corrected chi connectivity index (χ3v) is 7.37. The van der Waals surface area contributed by atoms with Crippen molar-refractivity contribution in [1.29, 1.82) is 0 Å². The van der Waals surface area contributed by atoms with Crippen molar-refractivity contribution < 1.29 is 14.0 Å². The fourth-order valence-electron chi connectivity index (χ4n) is 4.20. The van der Waals surface area contributed by atoms with E-state index < -0.39 is 11.1 Å². The monoisotopic (exact) mass is 500 g/mol. The summed E-state index contributed by atoms with van der Waals surface area (Å²) in [5.41, 5.74) is 5.03. The van der Waals surface area contributed by atoms with Gasteiger partial charge in [0.1, 0.15) is 11.1 Å². The average Bonchev–Trinajstić information content (AvgIpc) is 3.46. The maximum Gasteiger partial charge on any atom is 0.262 e. The van der Waals surface area contributed by atoms with E-state index in [1.165, 1.54) is 17.8 Å². The Kier molecular flexibility index (Phi) is 6.69. The molecule has 1 N–H and O–H groups in total. The van der Waals surface area contributed by atoms with Gasteiger partial charge < -0.3 is 5.32 Å². The van der Waals surface area contributed by atoms with E-state index in [2.05, 4.69) is 34.6 Å². The number of amides is 2. The number of anilines is 1. The van der Waals surface area contributed by atoms with E-state index in [4.69, 9.17) is 5.10 Å². The Labute approximate surface area is 213 Å². The molecule has 2 aliphatic heterocycles. The summed E-state index contributed by atoms with van der Waals surface area (Å²) in [7, 11) is 0. The summed E-state index contributed by atoms with van der Waals surface area (Å²) in [5.74, 6) is -1.13. The number of nitrogens with zero attached hydrogens (tertiary/aromatic N) is 3. The van der Waals surface area contributed by atoms with Gasteiger partial charge in [-0.15, -0.1) is 0 Å². The largest absolute Gasteiger partial charge is 0.326 e. The molecule has 2 amide bonds. The smallest absolute Gasteiger partial charge is 0.262 e. The van der Waals surface area contributed by atoms with Crippen molar-refractivity contribution in [2.24, 2.45) is 10.1 Å². The van der Waals surface area contributed by atoms with Gasteiger partial charge in [-0.2, -0.15) is 10.1 Å². The Morgan fingerprint density at radius 2 is 1.83 bits per heavy atom. The number of aliphatic imine (C=N–C) groups is 1. The minimum absolute atomic E-state index is 0.0652. The number of aryl methyl sites for hydroxylation is 2. The minimum Gasteiger partial charge on any atom is -0.326 e. The number of halogens is 1. The number of carbonyl (C=O) groups excluding carboxylic acids is 2. The molecule has 0 aromatic heterocycles. The molecule has 36 heavy (non-hydrogen) atoms. The molecule has 0 aliphatic carbocycles. The van der Waals surface area contributed by atoms with Crippen molar-refractivity contribution in [3.8, 4) is 0 Å². The number of hydrogen-bond acceptors (Lipinski definition) is 5. The summed E-state index contributed by atoms with van der Waals surface area (Å²) < 4.78 is 13.8. The van der Waals surface area contributed by atoms with E-state index in [1.54, 1.807) is 19.1 Å². The highest BCUT2D eigenvalue weighted by atomic mass is 32.2. The van der Waals surface area contributed by atoms with Gasteiger partial charge in [-0.3, -0.25) is 9.59 Å². The molecule has 2 aliphatic rings. The maximum absolute atomic E-state index is 13.8. The van der Waals surface area contributed by atoms with Gasteiger partial charge in [-0.1, -0.05) is 78.0 Å². The summed E-state index contributed by atoms with van der Waals surface area (Å²) in [5, 5.41) is 9.16. The first-order valence-corrected chi connectivity index (χ1v) is 12.6. The van der Waals surface area contributed by atoms with Crippen LogP contribution in [0.25, 0.3) is 0 Å². The summed E-state index contributed by atoms with van der Waals surface area (Å²) in [4.78, 5) is 29.6. The molecule has 0 saturated heterocycles. The summed E-state index contributed by atoms with van der Waals surface area (Å²) in [6.45, 7) is 3.69. The summed E-state index contributed by atoms with van der Waals surface area (Å²) >= 11 is 1.24. The third-order valence-electron chi connectivity index (χ3n) is 6.23. The Balaban J connectivity index is 1.33. The van der Waals surface area contributed by atoms with Crippen LogP contribution in [-0.2, 0) is 9.59 Å². The van der Waals surface area contributed by atoms with E-state index in [9.17, 15) is 14.0 Å². The second-order valence-electron chi connectivity index (χ2n) is 8.94. The fourth-order valence-corrected chi connectivity index (χ4v) is 5.26. The van der Waals surface area contributed by atoms with E-state index in [-0.39, 0.29) is 24.3 Å². The number of carbonyl (C=O) groups is 2. The van der Waals surface area contributed by atoms with Gasteiger partial charge in [0.25, 0.3) is 5.91 Å². The first-order chi connectivity index (χ1) is 17.4. The van der Waals surface area contributed by atoms with E-state index in [0.717, 1.165) is 22.4 Å². The van der Waals surface area contributed by atoms with E-state index in [0.29, 0.717) is 22.8 Å². The molecule has 3 aromatic rings. The lowest BCUT2D eigenvalue weighted by Crippen LogP contribution is -2.25. The van der Waals surface area contributed by atoms with Gasteiger partial charge in [-0.25, -0.2) is 9.40 Å². The van der Waals surface area contributed by atoms with Crippen LogP contribution in [0.4, 0.5) is 10.1 Å². The van der Waals surface area contributed by atoms with Crippen molar-refractivity contribution in [3.05, 3.63) is 101 Å². The van der Waals surface area contributed by atoms with Gasteiger partial charge >= 0.3 is 0 Å². The molecule has 0 spiro atoms. The van der Waals surface area contributed by atoms with Crippen LogP contribution in [0.15, 0.2) is 82.9 Å². The lowest BCUT2D eigenvalue weighted by Gasteiger charge is -2.23. The number of amidine groups is 1. The number of hydrogen-bond donors (Lipinski definition) is 1. The quantitative estimate of drug-likeness (QED) is 0.493. The van der Waals surface area contributed by atoms with Gasteiger partial charge in [0.05, 0.1) is 11.8 Å². The Morgan fingerprint density at radius 1 is 1.08 bits per heavy atom. The van der Waals surface area contributed by atoms with Crippen molar-refractivity contribution in [1.82, 2.24) is 5.01 Å². The predicted octanol–water partition coefficient (Wildman–Crippen LogP) is 5.62. The molecule has 6 nitrogen and oxygen atoms in total. The minimum atomic E-state index is -0.662. The van der Waals surface area contributed by atoms with Crippen LogP contribution in [0.5, 0.6) is 0 Å². The van der Waals surface area contributed by atoms with Gasteiger partial charge in [0.15, 0.2) is 5.17 Å². The van der Waals surface area contributed by atoms with E-state index >= 15 is 0 Å². The topological polar surface area (TPSA) is 74.1 Å². The highest BCUT2D eigenvalue weighted by molar-refractivity contribution is 8.15. The van der Waals surface area contributed by atoms with Crippen LogP contribution in [0, 0.1) is 19.7 Å². The number of hydrazone groups is 1. The lowest BCUT2D eigenvalue weighted by molar-refractivity contribution is -0.121. The third kappa shape index (κ3) is 5.09. The molecule has 5 rings (SSSR count). The van der Waals surface area contributed by atoms with Crippen LogP contribution < -0.4 is 5.32 Å². The SMILES string of the molecule is Cc1ccc(C2CC(c3ccccc3)=NN2C2=NC(=O)C(CC(=O)Nc3ccc(C)c(F)c3)S2)cc1. The van der Waals surface area contributed by atoms with Crippen LogP contribution in [-0.4, -0.2) is 33.0 Å². The van der Waals surface area contributed by atoms with E-state index in [1.807, 2.05) is 42.3 Å². The zero-order valence-corrected chi connectivity index (χ0v) is 20.8. The zero-order chi connectivity index (χ0) is 25.2. The second-order valence-corrected chi connectivity index (χ2v) is 10.1. The van der Waals surface area contributed by atoms with Gasteiger partial charge in [-0.05, 0) is 42.7 Å². The number of rotatable bonds is 5. The number of thioether (sulfide) groups is 1. The Morgan fingerprint density at radius 3 is 2.56 bits per heavy atom. The highest BCUT2D eigenvalue weighted by Crippen LogP contribution is 2.38. The Bertz CT molecular complexity index is 1370. The predicted molar refractivity (Wildman–Crippen MR) is 142 cm³/mol. The van der Waals surface area contributed by atoms with Crippen LogP contribution in [0.2, 0.25) is 0 Å². The average molecular weight is 501 g/mol. The van der Waals surface area contributed by atoms with Crippen molar-refractivity contribution in [2.45, 2.75) is 38.0 Å². The van der Waals surface area contributed by atoms with Crippen molar-refractivity contribution in [3.63, 3.8) is 0 Å². The zero-order valence-electron chi connectivity index (χ0n) is 19.9. The first-order valence-electron chi connectivity index (χ1n) is 11.7. The summed E-state index contributed by atoms with van der Waals surface area (Å²) in [6, 6.07) is 22.6. The molecule has 8 heteroatoms. The van der Waals surface area contributed by atoms with Crippen molar-refractivity contribution in [2.75, 3.05) is 5.32 Å².